The minimum Gasteiger partial charge on any atom is -0.332 e. The van der Waals surface area contributed by atoms with Crippen LogP contribution in [0.15, 0.2) is 64.2 Å². The van der Waals surface area contributed by atoms with E-state index in [2.05, 4.69) is 56.2 Å². The van der Waals surface area contributed by atoms with Gasteiger partial charge in [-0.15, -0.1) is 0 Å². The maximum Gasteiger partial charge on any atom is 0.316 e. The summed E-state index contributed by atoms with van der Waals surface area (Å²) < 4.78 is 20.8. The molecule has 10 heteroatoms. The van der Waals surface area contributed by atoms with E-state index in [9.17, 15) is 4.57 Å². The second-order valence-corrected chi connectivity index (χ2v) is 8.93. The fourth-order valence-electron chi connectivity index (χ4n) is 3.90. The van der Waals surface area contributed by atoms with Gasteiger partial charge in [0.15, 0.2) is 0 Å². The summed E-state index contributed by atoms with van der Waals surface area (Å²) in [4.78, 5) is 13.3. The highest BCUT2D eigenvalue weighted by Gasteiger charge is 2.31. The molecule has 2 N–H and O–H groups in total. The quantitative estimate of drug-likeness (QED) is 0.291. The van der Waals surface area contributed by atoms with Crippen LogP contribution in [0.4, 0.5) is 0 Å². The topological polar surface area (TPSA) is 113 Å². The van der Waals surface area contributed by atoms with Crippen LogP contribution in [0.5, 0.6) is 0 Å². The summed E-state index contributed by atoms with van der Waals surface area (Å²) in [6.07, 6.45) is 2.41. The molecule has 9 nitrogen and oxygen atoms in total. The lowest BCUT2D eigenvalue weighted by molar-refractivity contribution is 0.234. The van der Waals surface area contributed by atoms with E-state index in [1.165, 1.54) is 5.56 Å². The first-order valence-corrected chi connectivity index (χ1v) is 12.8. The molecule has 2 atom stereocenters. The number of hydrogen-bond donors (Lipinski definition) is 2. The predicted molar refractivity (Wildman–Crippen MR) is 131 cm³/mol. The van der Waals surface area contributed by atoms with Crippen LogP contribution in [0.3, 0.4) is 0 Å². The number of rotatable bonds is 12. The molecule has 0 saturated heterocycles. The third-order valence-electron chi connectivity index (χ3n) is 5.57. The molecule has 2 unspecified atom stereocenters. The molecule has 1 aromatic heterocycles. The maximum absolute atomic E-state index is 10.5. The Balaban J connectivity index is 1.35. The third kappa shape index (κ3) is 6.39. The minimum absolute atomic E-state index is 0.178. The van der Waals surface area contributed by atoms with Crippen molar-refractivity contribution in [1.82, 2.24) is 20.5 Å². The predicted octanol–water partition coefficient (Wildman–Crippen LogP) is 4.18. The van der Waals surface area contributed by atoms with Gasteiger partial charge in [0, 0.05) is 25.1 Å². The van der Waals surface area contributed by atoms with Gasteiger partial charge in [-0.2, -0.15) is 10.1 Å². The molecule has 0 radical (unpaired) electrons. The van der Waals surface area contributed by atoms with Crippen molar-refractivity contribution in [3.8, 4) is 11.4 Å². The second kappa shape index (κ2) is 12.0. The minimum atomic E-state index is -2.84. The zero-order valence-electron chi connectivity index (χ0n) is 19.2. The average Bonchev–Trinajstić information content (AvgIpc) is 3.50. The molecule has 0 bridgehead atoms. The number of hydrogen-bond acceptors (Lipinski definition) is 8. The lowest BCUT2D eigenvalue weighted by Crippen LogP contribution is -2.20. The zero-order valence-corrected chi connectivity index (χ0v) is 20.2. The average molecular weight is 484 g/mol. The molecule has 4 rings (SSSR count). The summed E-state index contributed by atoms with van der Waals surface area (Å²) in [5.74, 6) is 1.01. The van der Waals surface area contributed by atoms with Gasteiger partial charge in [-0.25, -0.2) is 0 Å². The number of nitrogens with one attached hydrogen (secondary N) is 1. The summed E-state index contributed by atoms with van der Waals surface area (Å²) >= 11 is 0. The number of aromatic nitrogens is 2. The molecule has 1 aliphatic rings. The Hall–Kier alpha value is -2.84. The largest absolute Gasteiger partial charge is 0.332 e. The van der Waals surface area contributed by atoms with Crippen molar-refractivity contribution in [3.63, 3.8) is 0 Å². The molecule has 180 valence electrons. The Labute approximate surface area is 199 Å². The van der Waals surface area contributed by atoms with Crippen LogP contribution in [0, 0.1) is 0 Å². The normalized spacial score (nSPS) is 16.6. The molecule has 34 heavy (non-hydrogen) atoms. The monoisotopic (exact) mass is 483 g/mol. The van der Waals surface area contributed by atoms with Crippen LogP contribution in [0.1, 0.15) is 49.2 Å². The van der Waals surface area contributed by atoms with Gasteiger partial charge in [-0.1, -0.05) is 66.7 Å². The van der Waals surface area contributed by atoms with Gasteiger partial charge in [-0.3, -0.25) is 9.57 Å². The third-order valence-corrected chi connectivity index (χ3v) is 6.02. The first-order valence-electron chi connectivity index (χ1n) is 11.5. The fraction of sp³-hybridized carbons (Fsp3) is 0.375. The van der Waals surface area contributed by atoms with Crippen LogP contribution >= 0.6 is 8.25 Å². The van der Waals surface area contributed by atoms with Crippen molar-refractivity contribution in [2.75, 3.05) is 19.7 Å². The van der Waals surface area contributed by atoms with Gasteiger partial charge in [0.1, 0.15) is 5.71 Å². The van der Waals surface area contributed by atoms with Crippen LogP contribution in [-0.4, -0.2) is 45.5 Å². The Bertz CT molecular complexity index is 1100. The Morgan fingerprint density at radius 2 is 2.00 bits per heavy atom. The van der Waals surface area contributed by atoms with Crippen LogP contribution in [0.2, 0.25) is 0 Å². The SMILES string of the molecule is CCCN1N=C(c2nc(-c3ccc(CNCCCO[PH](=O)O)cc3)no2)CC1c1ccccc1. The summed E-state index contributed by atoms with van der Waals surface area (Å²) in [6, 6.07) is 18.5. The molecule has 2 heterocycles. The van der Waals surface area contributed by atoms with E-state index in [1.54, 1.807) is 0 Å². The first-order chi connectivity index (χ1) is 16.6. The standard InChI is InChI=1S/C24H30N5O4P/c1-2-14-29-22(19-7-4-3-5-8-19)16-21(27-29)24-26-23(28-33-24)20-11-9-18(10-12-20)17-25-13-6-15-32-34(30)31/h3-5,7-12,22,25,34H,2,6,13-17H2,1H3,(H,30,31). The van der Waals surface area contributed by atoms with Crippen molar-refractivity contribution < 1.29 is 18.5 Å². The zero-order chi connectivity index (χ0) is 23.8. The number of nitrogens with zero attached hydrogens (tertiary/aromatic N) is 4. The first kappa shape index (κ1) is 24.3. The van der Waals surface area contributed by atoms with Gasteiger partial charge in [0.25, 0.3) is 5.89 Å². The molecule has 1 aliphatic heterocycles. The Kier molecular flexibility index (Phi) is 8.60. The maximum atomic E-state index is 10.5. The van der Waals surface area contributed by atoms with Gasteiger partial charge in [0.05, 0.1) is 12.6 Å². The van der Waals surface area contributed by atoms with Gasteiger partial charge in [0.2, 0.25) is 5.82 Å². The molecule has 3 aromatic rings. The molecule has 0 saturated carbocycles. The number of hydrazone groups is 1. The lowest BCUT2D eigenvalue weighted by atomic mass is 10.0. The summed E-state index contributed by atoms with van der Waals surface area (Å²) in [5.41, 5.74) is 4.04. The van der Waals surface area contributed by atoms with E-state index < -0.39 is 8.25 Å². The molecular weight excluding hydrogens is 453 g/mol. The van der Waals surface area contributed by atoms with Crippen molar-refractivity contribution in [3.05, 3.63) is 71.6 Å². The van der Waals surface area contributed by atoms with E-state index >= 15 is 0 Å². The Morgan fingerprint density at radius 3 is 2.74 bits per heavy atom. The van der Waals surface area contributed by atoms with Crippen molar-refractivity contribution in [2.24, 2.45) is 5.10 Å². The summed E-state index contributed by atoms with van der Waals surface area (Å²) in [7, 11) is -2.84. The van der Waals surface area contributed by atoms with Gasteiger partial charge >= 0.3 is 8.25 Å². The van der Waals surface area contributed by atoms with E-state index in [0.717, 1.165) is 36.2 Å². The van der Waals surface area contributed by atoms with E-state index in [1.807, 2.05) is 30.3 Å². The highest BCUT2D eigenvalue weighted by atomic mass is 31.1. The van der Waals surface area contributed by atoms with Crippen LogP contribution in [0.25, 0.3) is 11.4 Å². The highest BCUT2D eigenvalue weighted by molar-refractivity contribution is 7.32. The molecular formula is C24H30N5O4P. The summed E-state index contributed by atoms with van der Waals surface area (Å²) in [6.45, 7) is 4.68. The van der Waals surface area contributed by atoms with Crippen molar-refractivity contribution >= 4 is 14.0 Å². The van der Waals surface area contributed by atoms with Crippen molar-refractivity contribution in [2.45, 2.75) is 38.8 Å². The smallest absolute Gasteiger partial charge is 0.316 e. The molecule has 0 spiro atoms. The molecule has 0 fully saturated rings. The summed E-state index contributed by atoms with van der Waals surface area (Å²) in [5, 5.41) is 14.4. The van der Waals surface area contributed by atoms with E-state index in [0.29, 0.717) is 31.2 Å². The highest BCUT2D eigenvalue weighted by Crippen LogP contribution is 2.32. The Morgan fingerprint density at radius 1 is 1.21 bits per heavy atom. The van der Waals surface area contributed by atoms with E-state index in [4.69, 9.17) is 14.5 Å². The van der Waals surface area contributed by atoms with E-state index in [-0.39, 0.29) is 12.6 Å². The van der Waals surface area contributed by atoms with Crippen molar-refractivity contribution in [1.29, 1.82) is 0 Å². The fourth-order valence-corrected chi connectivity index (χ4v) is 4.22. The van der Waals surface area contributed by atoms with Crippen LogP contribution < -0.4 is 5.32 Å². The number of benzene rings is 2. The lowest BCUT2D eigenvalue weighted by Gasteiger charge is -2.23. The molecule has 0 amide bonds. The van der Waals surface area contributed by atoms with Crippen LogP contribution in [-0.2, 0) is 15.6 Å². The molecule has 0 aliphatic carbocycles. The van der Waals surface area contributed by atoms with Gasteiger partial charge < -0.3 is 19.3 Å². The molecule has 2 aromatic carbocycles. The second-order valence-electron chi connectivity index (χ2n) is 8.11. The van der Waals surface area contributed by atoms with Gasteiger partial charge in [-0.05, 0) is 30.5 Å².